The lowest BCUT2D eigenvalue weighted by Crippen LogP contribution is -2.52. The van der Waals surface area contributed by atoms with Gasteiger partial charge in [-0.2, -0.15) is 4.36 Å². The highest BCUT2D eigenvalue weighted by molar-refractivity contribution is 7.93. The molecule has 0 N–H and O–H groups in total. The van der Waals surface area contributed by atoms with Gasteiger partial charge in [0.2, 0.25) is 11.8 Å². The van der Waals surface area contributed by atoms with E-state index in [2.05, 4.69) is 19.2 Å². The molecule has 3 saturated heterocycles. The van der Waals surface area contributed by atoms with Crippen molar-refractivity contribution < 1.29 is 18.5 Å². The first-order valence-corrected chi connectivity index (χ1v) is 13.0. The van der Waals surface area contributed by atoms with E-state index >= 15 is 0 Å². The van der Waals surface area contributed by atoms with Gasteiger partial charge in [0.1, 0.15) is 12.0 Å². The summed E-state index contributed by atoms with van der Waals surface area (Å²) in [6.45, 7) is 2.15. The van der Waals surface area contributed by atoms with Crippen LogP contribution in [0.1, 0.15) is 55.4 Å². The monoisotopic (exact) mass is 449 g/mol. The number of hydrogen-bond acceptors (Lipinski definition) is 7. The van der Waals surface area contributed by atoms with Crippen LogP contribution in [0.15, 0.2) is 16.8 Å². The summed E-state index contributed by atoms with van der Waals surface area (Å²) < 4.78 is 22.2. The number of aromatic nitrogens is 2. The highest BCUT2D eigenvalue weighted by Crippen LogP contribution is 2.33. The Kier molecular flexibility index (Phi) is 6.57. The molecule has 3 fully saturated rings. The first-order valence-electron chi connectivity index (χ1n) is 11.0. The molecule has 1 aromatic heterocycles. The van der Waals surface area contributed by atoms with Crippen molar-refractivity contribution in [3.8, 4) is 5.88 Å². The van der Waals surface area contributed by atoms with Crippen LogP contribution in [-0.2, 0) is 14.5 Å². The second-order valence-electron chi connectivity index (χ2n) is 8.71. The van der Waals surface area contributed by atoms with E-state index in [0.717, 1.165) is 19.4 Å². The number of amides is 2. The second-order valence-corrected chi connectivity index (χ2v) is 11.3. The second kappa shape index (κ2) is 9.20. The molecule has 3 atom stereocenters. The molecule has 31 heavy (non-hydrogen) atoms. The fraction of sp³-hybridized carbons (Fsp3) is 0.714. The zero-order chi connectivity index (χ0) is 22.0. The van der Waals surface area contributed by atoms with Gasteiger partial charge >= 0.3 is 5.91 Å². The van der Waals surface area contributed by atoms with E-state index in [9.17, 15) is 13.8 Å². The number of likely N-dealkylation sites (tertiary alicyclic amines) is 1. The maximum Gasteiger partial charge on any atom is 0.303 e. The van der Waals surface area contributed by atoms with Gasteiger partial charge in [-0.1, -0.05) is 6.42 Å². The lowest BCUT2D eigenvalue weighted by Gasteiger charge is -2.38. The summed E-state index contributed by atoms with van der Waals surface area (Å²) in [7, 11) is -1.31. The molecule has 3 unspecified atom stereocenters. The Morgan fingerprint density at radius 1 is 1.10 bits per heavy atom. The van der Waals surface area contributed by atoms with Gasteiger partial charge in [0, 0.05) is 36.7 Å². The molecular formula is C21H31N5O4S. The lowest BCUT2D eigenvalue weighted by atomic mass is 10.0. The van der Waals surface area contributed by atoms with E-state index in [1.54, 1.807) is 0 Å². The van der Waals surface area contributed by atoms with E-state index in [4.69, 9.17) is 4.74 Å². The molecule has 2 amide bonds. The highest BCUT2D eigenvalue weighted by atomic mass is 32.2. The quantitative estimate of drug-likeness (QED) is 0.689. The summed E-state index contributed by atoms with van der Waals surface area (Å²) in [5.41, 5.74) is 0.0614. The van der Waals surface area contributed by atoms with Crippen LogP contribution >= 0.6 is 0 Å². The van der Waals surface area contributed by atoms with Crippen molar-refractivity contribution in [3.63, 3.8) is 0 Å². The van der Waals surface area contributed by atoms with Gasteiger partial charge in [0.05, 0.1) is 22.9 Å². The topological polar surface area (TPSA) is 105 Å². The molecule has 3 aliphatic heterocycles. The molecule has 1 aromatic rings. The van der Waals surface area contributed by atoms with Crippen molar-refractivity contribution in [3.05, 3.63) is 18.1 Å². The van der Waals surface area contributed by atoms with Crippen LogP contribution < -0.4 is 4.74 Å². The molecule has 10 heteroatoms. The number of methoxy groups -OCH3 is 1. The maximum absolute atomic E-state index is 13.2. The smallest absolute Gasteiger partial charge is 0.303 e. The molecule has 0 saturated carbocycles. The third kappa shape index (κ3) is 4.74. The van der Waals surface area contributed by atoms with Crippen LogP contribution in [0.3, 0.4) is 0 Å². The van der Waals surface area contributed by atoms with Gasteiger partial charge < -0.3 is 9.64 Å². The molecule has 4 rings (SSSR count). The van der Waals surface area contributed by atoms with E-state index in [1.165, 1.54) is 45.0 Å². The first-order chi connectivity index (χ1) is 14.9. The third-order valence-electron chi connectivity index (χ3n) is 6.84. The van der Waals surface area contributed by atoms with Crippen LogP contribution in [0.2, 0.25) is 0 Å². The SMILES string of the molecule is COc1cc(C(=O)N=S(C)(=O)C2CCN(C(=O)C3CCC4CCCCN43)CC2)ncn1. The largest absolute Gasteiger partial charge is 0.481 e. The fourth-order valence-electron chi connectivity index (χ4n) is 5.10. The Balaban J connectivity index is 1.38. The van der Waals surface area contributed by atoms with Crippen molar-refractivity contribution in [1.29, 1.82) is 0 Å². The Hall–Kier alpha value is -2.07. The number of hydrogen-bond donors (Lipinski definition) is 0. The molecule has 170 valence electrons. The van der Waals surface area contributed by atoms with Gasteiger partial charge in [-0.3, -0.25) is 14.5 Å². The van der Waals surface area contributed by atoms with E-state index in [0.29, 0.717) is 32.0 Å². The number of ether oxygens (including phenoxy) is 1. The summed E-state index contributed by atoms with van der Waals surface area (Å²) in [5, 5.41) is -0.226. The van der Waals surface area contributed by atoms with Gasteiger partial charge in [-0.05, 0) is 45.1 Å². The minimum atomic E-state index is -2.76. The normalized spacial score (nSPS) is 26.7. The van der Waals surface area contributed by atoms with Crippen molar-refractivity contribution in [2.75, 3.05) is 33.0 Å². The number of piperidine rings is 2. The Labute approximate surface area is 183 Å². The van der Waals surface area contributed by atoms with Crippen molar-refractivity contribution in [2.24, 2.45) is 4.36 Å². The Bertz CT molecular complexity index is 953. The molecule has 0 aliphatic carbocycles. The molecule has 0 aromatic carbocycles. The van der Waals surface area contributed by atoms with Crippen LogP contribution in [-0.4, -0.2) is 86.1 Å². The molecule has 0 radical (unpaired) electrons. The summed E-state index contributed by atoms with van der Waals surface area (Å²) >= 11 is 0. The number of carbonyl (C=O) groups is 2. The minimum Gasteiger partial charge on any atom is -0.481 e. The summed E-state index contributed by atoms with van der Waals surface area (Å²) in [5.74, 6) is -0.161. The van der Waals surface area contributed by atoms with Crippen molar-refractivity contribution in [1.82, 2.24) is 19.8 Å². The highest BCUT2D eigenvalue weighted by Gasteiger charge is 2.41. The Morgan fingerprint density at radius 3 is 2.61 bits per heavy atom. The van der Waals surface area contributed by atoms with Crippen molar-refractivity contribution in [2.45, 2.75) is 62.3 Å². The zero-order valence-corrected chi connectivity index (χ0v) is 19.1. The fourth-order valence-corrected chi connectivity index (χ4v) is 6.76. The molecule has 0 spiro atoms. The number of rotatable bonds is 4. The van der Waals surface area contributed by atoms with Gasteiger partial charge in [0.15, 0.2) is 0 Å². The number of nitrogens with zero attached hydrogens (tertiary/aromatic N) is 5. The van der Waals surface area contributed by atoms with E-state index in [-0.39, 0.29) is 28.8 Å². The standard InChI is InChI=1S/C21H31N5O4S/c1-30-19-13-17(22-14-23-19)20(27)24-31(2,29)16-8-11-25(12-9-16)21(28)18-7-6-15-5-3-4-10-26(15)18/h13-16,18H,3-12H2,1-2H3. The first kappa shape index (κ1) is 22.1. The van der Waals surface area contributed by atoms with Crippen LogP contribution in [0.5, 0.6) is 5.88 Å². The van der Waals surface area contributed by atoms with E-state index in [1.807, 2.05) is 4.90 Å². The summed E-state index contributed by atoms with van der Waals surface area (Å²) in [6.07, 6.45) is 9.63. The molecular weight excluding hydrogens is 418 g/mol. The molecule has 4 heterocycles. The average molecular weight is 450 g/mol. The lowest BCUT2D eigenvalue weighted by molar-refractivity contribution is -0.137. The minimum absolute atomic E-state index is 0.00634. The predicted octanol–water partition coefficient (Wildman–Crippen LogP) is 1.73. The maximum atomic E-state index is 13.2. The molecule has 3 aliphatic rings. The van der Waals surface area contributed by atoms with Gasteiger partial charge in [-0.15, -0.1) is 0 Å². The number of fused-ring (bicyclic) bond motifs is 1. The van der Waals surface area contributed by atoms with Crippen LogP contribution in [0.25, 0.3) is 0 Å². The van der Waals surface area contributed by atoms with Crippen LogP contribution in [0, 0.1) is 0 Å². The summed E-state index contributed by atoms with van der Waals surface area (Å²) in [4.78, 5) is 37.7. The Morgan fingerprint density at radius 2 is 1.87 bits per heavy atom. The third-order valence-corrected chi connectivity index (χ3v) is 9.07. The van der Waals surface area contributed by atoms with Gasteiger partial charge in [0.25, 0.3) is 0 Å². The van der Waals surface area contributed by atoms with Gasteiger partial charge in [-0.25, -0.2) is 14.2 Å². The van der Waals surface area contributed by atoms with Crippen molar-refractivity contribution >= 4 is 21.5 Å². The molecule has 9 nitrogen and oxygen atoms in total. The zero-order valence-electron chi connectivity index (χ0n) is 18.2. The van der Waals surface area contributed by atoms with Crippen LogP contribution in [0.4, 0.5) is 0 Å². The summed E-state index contributed by atoms with van der Waals surface area (Å²) in [6, 6.07) is 1.96. The number of carbonyl (C=O) groups excluding carboxylic acids is 2. The predicted molar refractivity (Wildman–Crippen MR) is 116 cm³/mol. The molecule has 0 bridgehead atoms. The average Bonchev–Trinajstić information content (AvgIpc) is 3.22. The van der Waals surface area contributed by atoms with E-state index < -0.39 is 15.6 Å².